The third-order valence-corrected chi connectivity index (χ3v) is 5.25. The van der Waals surface area contributed by atoms with Crippen LogP contribution in [0.25, 0.3) is 0 Å². The third kappa shape index (κ3) is 4.15. The highest BCUT2D eigenvalue weighted by atomic mass is 16.3. The molecule has 1 aliphatic heterocycles. The Morgan fingerprint density at radius 3 is 2.62 bits per heavy atom. The molecule has 2 amide bonds. The van der Waals surface area contributed by atoms with Crippen molar-refractivity contribution in [2.45, 2.75) is 46.0 Å². The van der Waals surface area contributed by atoms with E-state index in [1.807, 2.05) is 38.1 Å². The lowest BCUT2D eigenvalue weighted by Gasteiger charge is -2.31. The van der Waals surface area contributed by atoms with Crippen LogP contribution in [0.4, 0.5) is 5.69 Å². The smallest absolute Gasteiger partial charge is 0.227 e. The van der Waals surface area contributed by atoms with E-state index in [1.165, 1.54) is 0 Å². The topological polar surface area (TPSA) is 69.6 Å². The minimum Gasteiger partial charge on any atom is -0.396 e. The number of fused-ring (bicyclic) bond motifs is 1. The summed E-state index contributed by atoms with van der Waals surface area (Å²) in [5, 5.41) is 12.5. The van der Waals surface area contributed by atoms with Crippen molar-refractivity contribution in [3.8, 4) is 0 Å². The van der Waals surface area contributed by atoms with E-state index in [0.717, 1.165) is 30.5 Å². The van der Waals surface area contributed by atoms with Gasteiger partial charge in [0.15, 0.2) is 0 Å². The molecule has 0 radical (unpaired) electrons. The zero-order valence-corrected chi connectivity index (χ0v) is 14.7. The van der Waals surface area contributed by atoms with Gasteiger partial charge in [0.2, 0.25) is 11.8 Å². The quantitative estimate of drug-likeness (QED) is 0.767. The number of aryl methyl sites for hydroxylation is 1. The van der Waals surface area contributed by atoms with E-state index in [0.29, 0.717) is 19.5 Å². The molecule has 2 rings (SSSR count). The van der Waals surface area contributed by atoms with Gasteiger partial charge in [-0.3, -0.25) is 9.59 Å². The molecule has 1 aromatic carbocycles. The Labute approximate surface area is 144 Å². The van der Waals surface area contributed by atoms with Gasteiger partial charge in [-0.2, -0.15) is 0 Å². The lowest BCUT2D eigenvalue weighted by atomic mass is 9.83. The van der Waals surface area contributed by atoms with Crippen molar-refractivity contribution >= 4 is 17.5 Å². The first kappa shape index (κ1) is 18.5. The van der Waals surface area contributed by atoms with Crippen molar-refractivity contribution in [2.24, 2.45) is 5.41 Å². The Kier molecular flexibility index (Phi) is 6.37. The van der Waals surface area contributed by atoms with E-state index in [-0.39, 0.29) is 30.3 Å². The van der Waals surface area contributed by atoms with E-state index in [1.54, 1.807) is 4.90 Å². The summed E-state index contributed by atoms with van der Waals surface area (Å²) in [7, 11) is 0. The van der Waals surface area contributed by atoms with Crippen LogP contribution in [0, 0.1) is 5.41 Å². The molecular formula is C19H28N2O3. The number of nitrogens with zero attached hydrogens (tertiary/aromatic N) is 1. The summed E-state index contributed by atoms with van der Waals surface area (Å²) in [6.45, 7) is 4.98. The molecule has 1 aliphatic rings. The maximum Gasteiger partial charge on any atom is 0.227 e. The van der Waals surface area contributed by atoms with Crippen LogP contribution in [-0.4, -0.2) is 36.6 Å². The normalized spacial score (nSPS) is 14.5. The van der Waals surface area contributed by atoms with Crippen LogP contribution >= 0.6 is 0 Å². The van der Waals surface area contributed by atoms with Gasteiger partial charge in [-0.1, -0.05) is 32.0 Å². The first-order chi connectivity index (χ1) is 11.5. The number of carbonyl (C=O) groups is 2. The van der Waals surface area contributed by atoms with Crippen LogP contribution in [0.1, 0.15) is 45.1 Å². The fraction of sp³-hybridized carbons (Fsp3) is 0.579. The van der Waals surface area contributed by atoms with Gasteiger partial charge in [-0.05, 0) is 30.9 Å². The summed E-state index contributed by atoms with van der Waals surface area (Å²) in [5.41, 5.74) is 1.84. The number of hydrogen-bond acceptors (Lipinski definition) is 3. The van der Waals surface area contributed by atoms with Gasteiger partial charge in [0.05, 0.1) is 6.61 Å². The van der Waals surface area contributed by atoms with Crippen molar-refractivity contribution in [1.29, 1.82) is 0 Å². The van der Waals surface area contributed by atoms with Crippen LogP contribution in [0.2, 0.25) is 0 Å². The molecule has 2 N–H and O–H groups in total. The molecule has 0 atom stereocenters. The monoisotopic (exact) mass is 332 g/mol. The summed E-state index contributed by atoms with van der Waals surface area (Å²) >= 11 is 0. The molecule has 0 bridgehead atoms. The zero-order chi connectivity index (χ0) is 17.6. The molecule has 5 heteroatoms. The standard InChI is InChI=1S/C19H28N2O3/c1-3-19(4-2,14-22)13-20-17(23)11-12-21-16-8-6-5-7-15(16)9-10-18(21)24/h5-8,22H,3-4,9-14H2,1-2H3,(H,20,23). The van der Waals surface area contributed by atoms with Gasteiger partial charge in [0.25, 0.3) is 0 Å². The summed E-state index contributed by atoms with van der Waals surface area (Å²) in [5.74, 6) is -0.00102. The third-order valence-electron chi connectivity index (χ3n) is 5.25. The number of nitrogens with one attached hydrogen (secondary N) is 1. The number of anilines is 1. The minimum absolute atomic E-state index is 0.0677. The van der Waals surface area contributed by atoms with Crippen LogP contribution in [0.5, 0.6) is 0 Å². The maximum atomic E-state index is 12.2. The molecule has 0 spiro atoms. The van der Waals surface area contributed by atoms with E-state index >= 15 is 0 Å². The largest absolute Gasteiger partial charge is 0.396 e. The number of para-hydroxylation sites is 1. The molecule has 0 saturated carbocycles. The Morgan fingerprint density at radius 1 is 1.25 bits per heavy atom. The van der Waals surface area contributed by atoms with Crippen LogP contribution < -0.4 is 10.2 Å². The van der Waals surface area contributed by atoms with Crippen molar-refractivity contribution in [3.05, 3.63) is 29.8 Å². The molecule has 132 valence electrons. The van der Waals surface area contributed by atoms with Crippen LogP contribution in [0.3, 0.4) is 0 Å². The highest BCUT2D eigenvalue weighted by molar-refractivity contribution is 5.96. The van der Waals surface area contributed by atoms with Gasteiger partial charge in [-0.25, -0.2) is 0 Å². The lowest BCUT2D eigenvalue weighted by Crippen LogP contribution is -2.42. The van der Waals surface area contributed by atoms with Crippen LogP contribution in [-0.2, 0) is 16.0 Å². The summed E-state index contributed by atoms with van der Waals surface area (Å²) < 4.78 is 0. The average Bonchev–Trinajstić information content (AvgIpc) is 2.62. The SMILES string of the molecule is CCC(CC)(CO)CNC(=O)CCN1C(=O)CCc2ccccc21. The number of aliphatic hydroxyl groups excluding tert-OH is 1. The first-order valence-electron chi connectivity index (χ1n) is 8.81. The first-order valence-corrected chi connectivity index (χ1v) is 8.81. The lowest BCUT2D eigenvalue weighted by molar-refractivity contribution is -0.121. The minimum atomic E-state index is -0.247. The fourth-order valence-corrected chi connectivity index (χ4v) is 3.11. The van der Waals surface area contributed by atoms with Gasteiger partial charge in [0.1, 0.15) is 0 Å². The van der Waals surface area contributed by atoms with Crippen LogP contribution in [0.15, 0.2) is 24.3 Å². The molecule has 0 fully saturated rings. The maximum absolute atomic E-state index is 12.2. The summed E-state index contributed by atoms with van der Waals surface area (Å²) in [6, 6.07) is 7.87. The Bertz CT molecular complexity index is 573. The predicted octanol–water partition coefficient (Wildman–Crippen LogP) is 2.27. The van der Waals surface area contributed by atoms with Crippen molar-refractivity contribution in [1.82, 2.24) is 5.32 Å². The molecule has 0 unspecified atom stereocenters. The molecule has 0 aliphatic carbocycles. The van der Waals surface area contributed by atoms with Gasteiger partial charge >= 0.3 is 0 Å². The van der Waals surface area contributed by atoms with E-state index in [2.05, 4.69) is 5.32 Å². The predicted molar refractivity (Wildman–Crippen MR) is 94.8 cm³/mol. The molecule has 24 heavy (non-hydrogen) atoms. The number of carbonyl (C=O) groups excluding carboxylic acids is 2. The summed E-state index contributed by atoms with van der Waals surface area (Å²) in [6.07, 6.45) is 3.17. The van der Waals surface area contributed by atoms with Gasteiger partial charge < -0.3 is 15.3 Å². The molecule has 1 aromatic rings. The van der Waals surface area contributed by atoms with Crippen molar-refractivity contribution in [2.75, 3.05) is 24.6 Å². The second kappa shape index (κ2) is 8.29. The Balaban J connectivity index is 1.91. The number of rotatable bonds is 8. The second-order valence-corrected chi connectivity index (χ2v) is 6.57. The number of hydrogen-bond donors (Lipinski definition) is 2. The van der Waals surface area contributed by atoms with Crippen molar-refractivity contribution < 1.29 is 14.7 Å². The average molecular weight is 332 g/mol. The Morgan fingerprint density at radius 2 is 1.96 bits per heavy atom. The molecule has 0 saturated heterocycles. The number of benzene rings is 1. The van der Waals surface area contributed by atoms with Crippen molar-refractivity contribution in [3.63, 3.8) is 0 Å². The number of amides is 2. The molecule has 5 nitrogen and oxygen atoms in total. The highest BCUT2D eigenvalue weighted by Crippen LogP contribution is 2.27. The molecule has 1 heterocycles. The molecular weight excluding hydrogens is 304 g/mol. The van der Waals surface area contributed by atoms with Gasteiger partial charge in [0, 0.05) is 37.0 Å². The number of aliphatic hydroxyl groups is 1. The fourth-order valence-electron chi connectivity index (χ4n) is 3.11. The Hall–Kier alpha value is -1.88. The zero-order valence-electron chi connectivity index (χ0n) is 14.7. The van der Waals surface area contributed by atoms with E-state index in [4.69, 9.17) is 0 Å². The van der Waals surface area contributed by atoms with E-state index < -0.39 is 0 Å². The van der Waals surface area contributed by atoms with E-state index in [9.17, 15) is 14.7 Å². The highest BCUT2D eigenvalue weighted by Gasteiger charge is 2.27. The molecule has 0 aromatic heterocycles. The van der Waals surface area contributed by atoms with Gasteiger partial charge in [-0.15, -0.1) is 0 Å². The second-order valence-electron chi connectivity index (χ2n) is 6.57. The summed E-state index contributed by atoms with van der Waals surface area (Å²) in [4.78, 5) is 26.1.